The molecule has 0 aliphatic carbocycles. The average molecular weight is 400 g/mol. The molecule has 2 aromatic heterocycles. The van der Waals surface area contributed by atoms with Crippen LogP contribution in [0.1, 0.15) is 10.4 Å². The SMILES string of the molecule is C=CC(=O)Nc1cc2c(s1)CN(S(=O)(=O)c1ccc(-n3cccn3)cc1)C2. The zero-order valence-corrected chi connectivity index (χ0v) is 15.8. The number of fused-ring (bicyclic) bond motifs is 1. The molecule has 1 aliphatic heterocycles. The average Bonchev–Trinajstić information content (AvgIpc) is 3.38. The van der Waals surface area contributed by atoms with Crippen LogP contribution >= 0.6 is 11.3 Å². The van der Waals surface area contributed by atoms with Gasteiger partial charge in [0.2, 0.25) is 15.9 Å². The predicted octanol–water partition coefficient (Wildman–Crippen LogP) is 2.76. The first-order chi connectivity index (χ1) is 13.0. The van der Waals surface area contributed by atoms with E-state index in [0.717, 1.165) is 16.1 Å². The maximum absolute atomic E-state index is 12.9. The van der Waals surface area contributed by atoms with Crippen LogP contribution in [0, 0.1) is 0 Å². The summed E-state index contributed by atoms with van der Waals surface area (Å²) in [5.41, 5.74) is 1.71. The highest BCUT2D eigenvalue weighted by molar-refractivity contribution is 7.89. The number of hydrogen-bond donors (Lipinski definition) is 1. The van der Waals surface area contributed by atoms with E-state index >= 15 is 0 Å². The van der Waals surface area contributed by atoms with Gasteiger partial charge >= 0.3 is 0 Å². The van der Waals surface area contributed by atoms with E-state index in [1.54, 1.807) is 47.4 Å². The van der Waals surface area contributed by atoms with Crippen LogP contribution in [0.25, 0.3) is 5.69 Å². The zero-order valence-electron chi connectivity index (χ0n) is 14.2. The van der Waals surface area contributed by atoms with E-state index in [4.69, 9.17) is 0 Å². The van der Waals surface area contributed by atoms with E-state index in [-0.39, 0.29) is 10.8 Å². The third kappa shape index (κ3) is 3.32. The van der Waals surface area contributed by atoms with Gasteiger partial charge in [-0.05, 0) is 48.0 Å². The third-order valence-electron chi connectivity index (χ3n) is 4.24. The van der Waals surface area contributed by atoms with Crippen molar-refractivity contribution in [1.82, 2.24) is 14.1 Å². The molecule has 3 aromatic rings. The van der Waals surface area contributed by atoms with E-state index in [1.807, 2.05) is 6.07 Å². The molecule has 1 N–H and O–H groups in total. The Morgan fingerprint density at radius 2 is 2.04 bits per heavy atom. The van der Waals surface area contributed by atoms with Crippen molar-refractivity contribution in [3.05, 3.63) is 71.9 Å². The molecule has 0 bridgehead atoms. The lowest BCUT2D eigenvalue weighted by atomic mass is 10.3. The van der Waals surface area contributed by atoms with Crippen LogP contribution in [-0.2, 0) is 27.9 Å². The van der Waals surface area contributed by atoms with Gasteiger partial charge in [-0.25, -0.2) is 13.1 Å². The summed E-state index contributed by atoms with van der Waals surface area (Å²) in [6.45, 7) is 4.01. The molecule has 0 fully saturated rings. The van der Waals surface area contributed by atoms with Gasteiger partial charge in [0.25, 0.3) is 0 Å². The van der Waals surface area contributed by atoms with Crippen LogP contribution in [0.4, 0.5) is 5.00 Å². The molecule has 4 rings (SSSR count). The number of carbonyl (C=O) groups is 1. The Labute approximate surface area is 160 Å². The molecule has 0 atom stereocenters. The molecule has 0 saturated heterocycles. The summed E-state index contributed by atoms with van der Waals surface area (Å²) in [6.07, 6.45) is 4.66. The van der Waals surface area contributed by atoms with Crippen molar-refractivity contribution in [2.45, 2.75) is 18.0 Å². The summed E-state index contributed by atoms with van der Waals surface area (Å²) >= 11 is 1.38. The summed E-state index contributed by atoms with van der Waals surface area (Å²) in [5, 5.41) is 7.54. The number of carbonyl (C=O) groups excluding carboxylic acids is 1. The first kappa shape index (κ1) is 17.7. The Kier molecular flexibility index (Phi) is 4.42. The summed E-state index contributed by atoms with van der Waals surface area (Å²) in [5.74, 6) is -0.281. The lowest BCUT2D eigenvalue weighted by molar-refractivity contribution is -0.111. The van der Waals surface area contributed by atoms with E-state index in [0.29, 0.717) is 18.1 Å². The number of rotatable bonds is 5. The largest absolute Gasteiger partial charge is 0.314 e. The van der Waals surface area contributed by atoms with Gasteiger partial charge in [-0.2, -0.15) is 9.40 Å². The number of thiophene rings is 1. The van der Waals surface area contributed by atoms with Crippen LogP contribution in [0.15, 0.2) is 66.3 Å². The van der Waals surface area contributed by atoms with E-state index < -0.39 is 10.0 Å². The molecular weight excluding hydrogens is 384 g/mol. The molecule has 3 heterocycles. The minimum absolute atomic E-state index is 0.244. The topological polar surface area (TPSA) is 84.3 Å². The lowest BCUT2D eigenvalue weighted by Crippen LogP contribution is -2.25. The predicted molar refractivity (Wildman–Crippen MR) is 103 cm³/mol. The van der Waals surface area contributed by atoms with Crippen molar-refractivity contribution in [2.75, 3.05) is 5.32 Å². The quantitative estimate of drug-likeness (QED) is 0.668. The summed E-state index contributed by atoms with van der Waals surface area (Å²) < 4.78 is 29.0. The van der Waals surface area contributed by atoms with Crippen LogP contribution in [0.5, 0.6) is 0 Å². The highest BCUT2D eigenvalue weighted by Crippen LogP contribution is 2.36. The fourth-order valence-electron chi connectivity index (χ4n) is 2.89. The number of aromatic nitrogens is 2. The Hall–Kier alpha value is -2.75. The third-order valence-corrected chi connectivity index (χ3v) is 7.12. The van der Waals surface area contributed by atoms with Crippen LogP contribution in [0.2, 0.25) is 0 Å². The highest BCUT2D eigenvalue weighted by atomic mass is 32.2. The van der Waals surface area contributed by atoms with Gasteiger partial charge in [-0.15, -0.1) is 11.3 Å². The molecule has 9 heteroatoms. The minimum Gasteiger partial charge on any atom is -0.314 e. The second-order valence-corrected chi connectivity index (χ2v) is 9.04. The summed E-state index contributed by atoms with van der Waals surface area (Å²) in [6, 6.07) is 10.3. The lowest BCUT2D eigenvalue weighted by Gasteiger charge is -2.16. The van der Waals surface area contributed by atoms with Crippen molar-refractivity contribution >= 4 is 32.3 Å². The van der Waals surface area contributed by atoms with Crippen LogP contribution < -0.4 is 5.32 Å². The molecule has 0 spiro atoms. The Bertz CT molecular complexity index is 1080. The fraction of sp³-hybridized carbons (Fsp3) is 0.111. The first-order valence-corrected chi connectivity index (χ1v) is 10.4. The fourth-order valence-corrected chi connectivity index (χ4v) is 5.45. The molecule has 0 unspecified atom stereocenters. The highest BCUT2D eigenvalue weighted by Gasteiger charge is 2.32. The monoisotopic (exact) mass is 400 g/mol. The Morgan fingerprint density at radius 1 is 1.26 bits per heavy atom. The molecule has 138 valence electrons. The van der Waals surface area contributed by atoms with Gasteiger partial charge < -0.3 is 5.32 Å². The van der Waals surface area contributed by atoms with Crippen molar-refractivity contribution in [1.29, 1.82) is 0 Å². The number of nitrogens with one attached hydrogen (secondary N) is 1. The minimum atomic E-state index is -3.60. The van der Waals surface area contributed by atoms with Crippen LogP contribution in [-0.4, -0.2) is 28.4 Å². The van der Waals surface area contributed by atoms with E-state index in [2.05, 4.69) is 17.0 Å². The molecular formula is C18H16N4O3S2. The van der Waals surface area contributed by atoms with E-state index in [1.165, 1.54) is 21.7 Å². The number of nitrogens with zero attached hydrogens (tertiary/aromatic N) is 3. The number of hydrogen-bond acceptors (Lipinski definition) is 5. The van der Waals surface area contributed by atoms with Gasteiger partial charge in [0.1, 0.15) is 0 Å². The van der Waals surface area contributed by atoms with Crippen molar-refractivity contribution < 1.29 is 13.2 Å². The molecule has 0 saturated carbocycles. The maximum Gasteiger partial charge on any atom is 0.248 e. The van der Waals surface area contributed by atoms with Gasteiger partial charge in [0, 0.05) is 30.4 Å². The molecule has 7 nitrogen and oxygen atoms in total. The summed E-state index contributed by atoms with van der Waals surface area (Å²) in [7, 11) is -3.60. The molecule has 27 heavy (non-hydrogen) atoms. The van der Waals surface area contributed by atoms with E-state index in [9.17, 15) is 13.2 Å². The van der Waals surface area contributed by atoms with Crippen molar-refractivity contribution in [3.63, 3.8) is 0 Å². The standard InChI is InChI=1S/C18H16N4O3S2/c1-2-17(23)20-18-10-13-11-21(12-16(13)26-18)27(24,25)15-6-4-14(5-7-15)22-9-3-8-19-22/h2-10H,1,11-12H2,(H,20,23). The number of benzene rings is 1. The normalized spacial score (nSPS) is 14.1. The smallest absolute Gasteiger partial charge is 0.248 e. The number of sulfonamides is 1. The van der Waals surface area contributed by atoms with Gasteiger partial charge in [-0.3, -0.25) is 4.79 Å². The molecule has 1 amide bonds. The molecule has 0 radical (unpaired) electrons. The Morgan fingerprint density at radius 3 is 2.67 bits per heavy atom. The van der Waals surface area contributed by atoms with Crippen LogP contribution in [0.3, 0.4) is 0 Å². The molecule has 1 aliphatic rings. The summed E-state index contributed by atoms with van der Waals surface area (Å²) in [4.78, 5) is 12.6. The van der Waals surface area contributed by atoms with Crippen molar-refractivity contribution in [3.8, 4) is 5.69 Å². The second kappa shape index (κ2) is 6.76. The van der Waals surface area contributed by atoms with Gasteiger partial charge in [0.05, 0.1) is 15.6 Å². The zero-order chi connectivity index (χ0) is 19.0. The van der Waals surface area contributed by atoms with Crippen molar-refractivity contribution in [2.24, 2.45) is 0 Å². The Balaban J connectivity index is 1.52. The number of amides is 1. The van der Waals surface area contributed by atoms with Gasteiger partial charge in [0.15, 0.2) is 0 Å². The molecule has 1 aromatic carbocycles. The van der Waals surface area contributed by atoms with Gasteiger partial charge in [-0.1, -0.05) is 6.58 Å². The first-order valence-electron chi connectivity index (χ1n) is 8.12. The number of anilines is 1. The second-order valence-electron chi connectivity index (χ2n) is 5.97. The maximum atomic E-state index is 12.9.